The molecular weight excluding hydrogens is 174 g/mol. The fourth-order valence-electron chi connectivity index (χ4n) is 1.95. The first kappa shape index (κ1) is 12.0. The number of hydrogen-bond acceptors (Lipinski definition) is 3. The first-order valence-corrected chi connectivity index (χ1v) is 5.76. The molecule has 1 rings (SSSR count). The highest BCUT2D eigenvalue weighted by atomic mass is 15.1. The van der Waals surface area contributed by atoms with E-state index in [2.05, 4.69) is 24.2 Å². The topological polar surface area (TPSA) is 41.3 Å². The van der Waals surface area contributed by atoms with E-state index in [-0.39, 0.29) is 0 Å². The highest BCUT2D eigenvalue weighted by molar-refractivity contribution is 4.83. The van der Waals surface area contributed by atoms with Gasteiger partial charge in [-0.15, -0.1) is 0 Å². The molecule has 3 N–H and O–H groups in total. The maximum atomic E-state index is 5.45. The van der Waals surface area contributed by atoms with Crippen LogP contribution in [0.4, 0.5) is 0 Å². The van der Waals surface area contributed by atoms with E-state index >= 15 is 0 Å². The van der Waals surface area contributed by atoms with Gasteiger partial charge in [-0.05, 0) is 57.9 Å². The molecule has 0 saturated carbocycles. The molecule has 1 aliphatic heterocycles. The molecule has 0 unspecified atom stereocenters. The average molecular weight is 199 g/mol. The molecule has 0 aromatic rings. The zero-order valence-corrected chi connectivity index (χ0v) is 9.68. The van der Waals surface area contributed by atoms with E-state index < -0.39 is 0 Å². The predicted molar refractivity (Wildman–Crippen MR) is 61.4 cm³/mol. The van der Waals surface area contributed by atoms with Crippen molar-refractivity contribution in [2.45, 2.75) is 26.2 Å². The Kier molecular flexibility index (Phi) is 4.85. The van der Waals surface area contributed by atoms with E-state index in [0.717, 1.165) is 26.1 Å². The van der Waals surface area contributed by atoms with Gasteiger partial charge < -0.3 is 16.0 Å². The Morgan fingerprint density at radius 3 is 2.57 bits per heavy atom. The fraction of sp³-hybridized carbons (Fsp3) is 1.00. The molecule has 1 heterocycles. The average Bonchev–Trinajstić information content (AvgIpc) is 2.18. The van der Waals surface area contributed by atoms with E-state index in [1.165, 1.54) is 25.9 Å². The summed E-state index contributed by atoms with van der Waals surface area (Å²) in [5.41, 5.74) is 5.97. The summed E-state index contributed by atoms with van der Waals surface area (Å²) < 4.78 is 0. The number of likely N-dealkylation sites (tertiary alicyclic amines) is 1. The van der Waals surface area contributed by atoms with Gasteiger partial charge in [0.25, 0.3) is 0 Å². The Morgan fingerprint density at radius 2 is 2.00 bits per heavy atom. The number of nitrogens with zero attached hydrogens (tertiary/aromatic N) is 1. The number of rotatable bonds is 5. The van der Waals surface area contributed by atoms with Crippen LogP contribution in [0.2, 0.25) is 0 Å². The van der Waals surface area contributed by atoms with E-state index in [4.69, 9.17) is 5.73 Å². The first-order chi connectivity index (χ1) is 6.66. The van der Waals surface area contributed by atoms with Gasteiger partial charge in [0.15, 0.2) is 0 Å². The molecule has 0 aliphatic carbocycles. The summed E-state index contributed by atoms with van der Waals surface area (Å²) in [7, 11) is 2.21. The van der Waals surface area contributed by atoms with Gasteiger partial charge in [0, 0.05) is 6.54 Å². The Morgan fingerprint density at radius 1 is 1.36 bits per heavy atom. The van der Waals surface area contributed by atoms with E-state index in [9.17, 15) is 0 Å². The number of nitrogens with two attached hydrogens (primary N) is 1. The molecule has 0 atom stereocenters. The van der Waals surface area contributed by atoms with Crippen molar-refractivity contribution in [3.8, 4) is 0 Å². The van der Waals surface area contributed by atoms with E-state index in [1.807, 2.05) is 0 Å². The van der Waals surface area contributed by atoms with E-state index in [1.54, 1.807) is 0 Å². The number of piperidine rings is 1. The van der Waals surface area contributed by atoms with Gasteiger partial charge in [0.1, 0.15) is 0 Å². The van der Waals surface area contributed by atoms with Gasteiger partial charge in [-0.3, -0.25) is 0 Å². The minimum absolute atomic E-state index is 0.515. The molecule has 0 bridgehead atoms. The molecule has 0 radical (unpaired) electrons. The number of hydrogen-bond donors (Lipinski definition) is 2. The van der Waals surface area contributed by atoms with Crippen LogP contribution in [-0.2, 0) is 0 Å². The van der Waals surface area contributed by atoms with Crippen LogP contribution in [0, 0.1) is 5.41 Å². The standard InChI is InChI=1S/C11H25N3/c1-11(10-13-7-3-6-12)4-8-14(2)9-5-11/h13H,3-10,12H2,1-2H3. The lowest BCUT2D eigenvalue weighted by Crippen LogP contribution is -2.42. The van der Waals surface area contributed by atoms with Crippen molar-refractivity contribution in [2.75, 3.05) is 39.8 Å². The zero-order valence-electron chi connectivity index (χ0n) is 9.68. The second-order valence-corrected chi connectivity index (χ2v) is 4.93. The van der Waals surface area contributed by atoms with Crippen LogP contribution in [0.15, 0.2) is 0 Å². The zero-order chi connectivity index (χ0) is 10.4. The van der Waals surface area contributed by atoms with Crippen LogP contribution in [-0.4, -0.2) is 44.7 Å². The Hall–Kier alpha value is -0.120. The lowest BCUT2D eigenvalue weighted by molar-refractivity contribution is 0.137. The smallest absolute Gasteiger partial charge is 0.000612 e. The van der Waals surface area contributed by atoms with Crippen molar-refractivity contribution in [2.24, 2.45) is 11.1 Å². The summed E-state index contributed by atoms with van der Waals surface area (Å²) >= 11 is 0. The van der Waals surface area contributed by atoms with Gasteiger partial charge in [-0.2, -0.15) is 0 Å². The molecule has 0 aromatic heterocycles. The fourth-order valence-corrected chi connectivity index (χ4v) is 1.95. The second kappa shape index (κ2) is 5.69. The lowest BCUT2D eigenvalue weighted by Gasteiger charge is -2.38. The van der Waals surface area contributed by atoms with E-state index in [0.29, 0.717) is 5.41 Å². The second-order valence-electron chi connectivity index (χ2n) is 4.93. The molecule has 1 saturated heterocycles. The highest BCUT2D eigenvalue weighted by Gasteiger charge is 2.27. The van der Waals surface area contributed by atoms with Crippen molar-refractivity contribution in [3.63, 3.8) is 0 Å². The van der Waals surface area contributed by atoms with Crippen LogP contribution in [0.25, 0.3) is 0 Å². The van der Waals surface area contributed by atoms with Crippen LogP contribution in [0.1, 0.15) is 26.2 Å². The van der Waals surface area contributed by atoms with Gasteiger partial charge in [-0.25, -0.2) is 0 Å². The molecular formula is C11H25N3. The van der Waals surface area contributed by atoms with Crippen molar-refractivity contribution < 1.29 is 0 Å². The summed E-state index contributed by atoms with van der Waals surface area (Å²) in [6.45, 7) is 7.91. The SMILES string of the molecule is CN1CCC(C)(CNCCCN)CC1. The maximum Gasteiger partial charge on any atom is 0.000612 e. The van der Waals surface area contributed by atoms with Crippen molar-refractivity contribution in [1.82, 2.24) is 10.2 Å². The number of nitrogens with one attached hydrogen (secondary N) is 1. The third-order valence-electron chi connectivity index (χ3n) is 3.30. The van der Waals surface area contributed by atoms with Crippen molar-refractivity contribution in [3.05, 3.63) is 0 Å². The Bertz CT molecular complexity index is 151. The van der Waals surface area contributed by atoms with Gasteiger partial charge in [0.05, 0.1) is 0 Å². The normalized spacial score (nSPS) is 22.5. The Balaban J connectivity index is 2.15. The summed E-state index contributed by atoms with van der Waals surface area (Å²) in [5.74, 6) is 0. The molecule has 1 aliphatic rings. The molecule has 3 nitrogen and oxygen atoms in total. The monoisotopic (exact) mass is 199 g/mol. The molecule has 3 heteroatoms. The minimum Gasteiger partial charge on any atom is -0.330 e. The summed E-state index contributed by atoms with van der Waals surface area (Å²) in [4.78, 5) is 2.42. The summed E-state index contributed by atoms with van der Waals surface area (Å²) in [6.07, 6.45) is 3.73. The van der Waals surface area contributed by atoms with Crippen LogP contribution in [0.5, 0.6) is 0 Å². The molecule has 0 amide bonds. The highest BCUT2D eigenvalue weighted by Crippen LogP contribution is 2.29. The van der Waals surface area contributed by atoms with Crippen LogP contribution in [0.3, 0.4) is 0 Å². The molecule has 14 heavy (non-hydrogen) atoms. The minimum atomic E-state index is 0.515. The van der Waals surface area contributed by atoms with Gasteiger partial charge in [0.2, 0.25) is 0 Å². The van der Waals surface area contributed by atoms with Crippen LogP contribution >= 0.6 is 0 Å². The van der Waals surface area contributed by atoms with Crippen molar-refractivity contribution in [1.29, 1.82) is 0 Å². The molecule has 84 valence electrons. The summed E-state index contributed by atoms with van der Waals surface area (Å²) in [6, 6.07) is 0. The maximum absolute atomic E-state index is 5.45. The van der Waals surface area contributed by atoms with Crippen molar-refractivity contribution >= 4 is 0 Å². The van der Waals surface area contributed by atoms with Gasteiger partial charge in [-0.1, -0.05) is 6.92 Å². The third-order valence-corrected chi connectivity index (χ3v) is 3.30. The quantitative estimate of drug-likeness (QED) is 0.639. The molecule has 0 aromatic carbocycles. The molecule has 1 fully saturated rings. The first-order valence-electron chi connectivity index (χ1n) is 5.76. The molecule has 0 spiro atoms. The Labute approximate surface area is 88.0 Å². The largest absolute Gasteiger partial charge is 0.330 e. The third kappa shape index (κ3) is 3.95. The summed E-state index contributed by atoms with van der Waals surface area (Å²) in [5, 5.41) is 3.51. The van der Waals surface area contributed by atoms with Crippen LogP contribution < -0.4 is 11.1 Å². The lowest BCUT2D eigenvalue weighted by atomic mass is 9.80. The predicted octanol–water partition coefficient (Wildman–Crippen LogP) is 0.657. The van der Waals surface area contributed by atoms with Gasteiger partial charge >= 0.3 is 0 Å².